The number of rotatable bonds is 7. The second-order valence-corrected chi connectivity index (χ2v) is 10.9. The van der Waals surface area contributed by atoms with Crippen LogP contribution in [0.5, 0.6) is 11.5 Å². The first kappa shape index (κ1) is 24.8. The predicted octanol–water partition coefficient (Wildman–Crippen LogP) is 5.24. The Morgan fingerprint density at radius 2 is 2.00 bits per heavy atom. The van der Waals surface area contributed by atoms with Crippen molar-refractivity contribution in [3.63, 3.8) is 0 Å². The van der Waals surface area contributed by atoms with Crippen molar-refractivity contribution >= 4 is 50.8 Å². The van der Waals surface area contributed by atoms with E-state index in [9.17, 15) is 4.79 Å². The van der Waals surface area contributed by atoms with Gasteiger partial charge in [-0.05, 0) is 52.9 Å². The second kappa shape index (κ2) is 10.7. The van der Waals surface area contributed by atoms with E-state index in [1.807, 2.05) is 51.9 Å². The van der Waals surface area contributed by atoms with Gasteiger partial charge in [0.25, 0.3) is 0 Å². The first-order valence-corrected chi connectivity index (χ1v) is 13.9. The zero-order valence-electron chi connectivity index (χ0n) is 20.4. The van der Waals surface area contributed by atoms with Crippen LogP contribution in [0, 0.1) is 0 Å². The molecule has 4 heterocycles. The zero-order chi connectivity index (χ0) is 26.1. The van der Waals surface area contributed by atoms with Crippen molar-refractivity contribution in [2.24, 2.45) is 0 Å². The molecule has 1 amide bonds. The van der Waals surface area contributed by atoms with Crippen LogP contribution in [0.3, 0.4) is 0 Å². The van der Waals surface area contributed by atoms with Gasteiger partial charge in [-0.2, -0.15) is 0 Å². The van der Waals surface area contributed by atoms with Crippen LogP contribution in [0.1, 0.15) is 24.8 Å². The summed E-state index contributed by atoms with van der Waals surface area (Å²) in [5.74, 6) is 1.71. The number of amides is 1. The van der Waals surface area contributed by atoms with Crippen molar-refractivity contribution in [1.82, 2.24) is 24.4 Å². The van der Waals surface area contributed by atoms with Crippen molar-refractivity contribution in [3.8, 4) is 11.5 Å². The zero-order valence-corrected chi connectivity index (χ0v) is 22.8. The largest absolute Gasteiger partial charge is 0.454 e. The quantitative estimate of drug-likeness (QED) is 0.305. The predicted molar refractivity (Wildman–Crippen MR) is 145 cm³/mol. The lowest BCUT2D eigenvalue weighted by Crippen LogP contribution is -2.36. The summed E-state index contributed by atoms with van der Waals surface area (Å²) in [5, 5.41) is 0.725. The molecule has 1 fully saturated rings. The third-order valence-electron chi connectivity index (χ3n) is 6.66. The molecule has 0 radical (unpaired) electrons. The third-order valence-corrected chi connectivity index (χ3v) is 8.63. The third kappa shape index (κ3) is 4.97. The Kier molecular flexibility index (Phi) is 6.98. The van der Waals surface area contributed by atoms with Gasteiger partial charge in [-0.25, -0.2) is 19.7 Å². The molecular weight excluding hydrogens is 572 g/mol. The Morgan fingerprint density at radius 1 is 1.18 bits per heavy atom. The van der Waals surface area contributed by atoms with Crippen LogP contribution in [-0.2, 0) is 17.9 Å². The number of imidazole rings is 1. The Balaban J connectivity index is 1.21. The van der Waals surface area contributed by atoms with Gasteiger partial charge < -0.3 is 29.4 Å². The van der Waals surface area contributed by atoms with Crippen LogP contribution in [0.2, 0.25) is 0 Å². The lowest BCUT2D eigenvalue weighted by Gasteiger charge is -2.24. The van der Waals surface area contributed by atoms with Crippen LogP contribution < -0.4 is 15.2 Å². The van der Waals surface area contributed by atoms with Gasteiger partial charge in [0.05, 0.1) is 0 Å². The average Bonchev–Trinajstić information content (AvgIpc) is 3.66. The van der Waals surface area contributed by atoms with Crippen molar-refractivity contribution in [2.75, 3.05) is 19.1 Å². The highest BCUT2D eigenvalue weighted by Gasteiger charge is 2.30. The Labute approximate surface area is 231 Å². The van der Waals surface area contributed by atoms with E-state index in [1.165, 1.54) is 18.1 Å². The van der Waals surface area contributed by atoms with E-state index in [2.05, 4.69) is 25.9 Å². The van der Waals surface area contributed by atoms with Crippen molar-refractivity contribution in [1.29, 1.82) is 0 Å². The van der Waals surface area contributed by atoms with Crippen molar-refractivity contribution < 1.29 is 19.0 Å². The molecule has 10 nitrogen and oxygen atoms in total. The van der Waals surface area contributed by atoms with Crippen LogP contribution in [0.25, 0.3) is 11.2 Å². The second-order valence-electron chi connectivity index (χ2n) is 9.03. The summed E-state index contributed by atoms with van der Waals surface area (Å²) in [6, 6.07) is 13.6. The number of ether oxygens (including phenoxy) is 3. The lowest BCUT2D eigenvalue weighted by molar-refractivity contribution is 0.0901. The van der Waals surface area contributed by atoms with E-state index in [-0.39, 0.29) is 25.5 Å². The van der Waals surface area contributed by atoms with E-state index in [1.54, 1.807) is 0 Å². The van der Waals surface area contributed by atoms with Gasteiger partial charge in [0.1, 0.15) is 12.9 Å². The number of aromatic nitrogens is 4. The molecule has 2 aliphatic rings. The number of fused-ring (bicyclic) bond motifs is 2. The van der Waals surface area contributed by atoms with Gasteiger partial charge in [-0.3, -0.25) is 0 Å². The molecule has 0 spiro atoms. The van der Waals surface area contributed by atoms with E-state index >= 15 is 0 Å². The molecule has 2 aromatic heterocycles. The van der Waals surface area contributed by atoms with Gasteiger partial charge in [0, 0.05) is 28.5 Å². The summed E-state index contributed by atoms with van der Waals surface area (Å²) in [4.78, 5) is 29.0. The molecule has 38 heavy (non-hydrogen) atoms. The number of carbonyl (C=O) groups is 1. The monoisotopic (exact) mass is 596 g/mol. The number of benzene rings is 2. The number of halogens is 1. The SMILES string of the molecule is Nc1ncnc2c1nc(Sc1cc3c(cc1Br)OCO3)n2CCC1CCCN1C(=O)OCc1ccccc1. The number of hydrogen-bond donors (Lipinski definition) is 1. The van der Waals surface area contributed by atoms with Gasteiger partial charge in [-0.15, -0.1) is 0 Å². The molecule has 0 aliphatic carbocycles. The molecule has 4 aromatic rings. The fourth-order valence-corrected chi connectivity index (χ4v) is 6.25. The number of likely N-dealkylation sites (tertiary alicyclic amines) is 1. The van der Waals surface area contributed by atoms with E-state index in [4.69, 9.17) is 24.9 Å². The molecule has 12 heteroatoms. The van der Waals surface area contributed by atoms with Crippen LogP contribution in [0.15, 0.2) is 63.3 Å². The number of anilines is 1. The number of nitrogens with zero attached hydrogens (tertiary/aromatic N) is 5. The average molecular weight is 597 g/mol. The first-order valence-electron chi connectivity index (χ1n) is 12.3. The van der Waals surface area contributed by atoms with Gasteiger partial charge in [0.15, 0.2) is 33.6 Å². The summed E-state index contributed by atoms with van der Waals surface area (Å²) in [6.45, 7) is 1.75. The number of hydrogen-bond acceptors (Lipinski definition) is 9. The maximum Gasteiger partial charge on any atom is 0.410 e. The minimum absolute atomic E-state index is 0.0602. The normalized spacial score (nSPS) is 16.3. The molecule has 2 aromatic carbocycles. The van der Waals surface area contributed by atoms with E-state index < -0.39 is 0 Å². The number of carbonyl (C=O) groups excluding carboxylic acids is 1. The minimum Gasteiger partial charge on any atom is -0.454 e. The van der Waals surface area contributed by atoms with Crippen LogP contribution in [0.4, 0.5) is 10.6 Å². The summed E-state index contributed by atoms with van der Waals surface area (Å²) in [5.41, 5.74) is 8.33. The minimum atomic E-state index is -0.280. The number of nitrogen functional groups attached to an aromatic ring is 1. The molecule has 0 saturated carbocycles. The molecule has 1 atom stereocenters. The molecule has 196 valence electrons. The van der Waals surface area contributed by atoms with Gasteiger partial charge >= 0.3 is 6.09 Å². The van der Waals surface area contributed by atoms with E-state index in [0.29, 0.717) is 41.6 Å². The Bertz CT molecular complexity index is 1480. The molecule has 1 unspecified atom stereocenters. The summed E-state index contributed by atoms with van der Waals surface area (Å²) >= 11 is 5.11. The maximum atomic E-state index is 12.9. The van der Waals surface area contributed by atoms with E-state index in [0.717, 1.165) is 39.4 Å². The smallest absolute Gasteiger partial charge is 0.410 e. The Morgan fingerprint density at radius 3 is 2.84 bits per heavy atom. The Hall–Kier alpha value is -3.51. The fourth-order valence-electron chi connectivity index (χ4n) is 4.75. The molecule has 2 N–H and O–H groups in total. The van der Waals surface area contributed by atoms with Crippen LogP contribution in [-0.4, -0.2) is 49.9 Å². The summed E-state index contributed by atoms with van der Waals surface area (Å²) in [7, 11) is 0. The molecular formula is C26H25BrN6O4S. The van der Waals surface area contributed by atoms with Crippen molar-refractivity contribution in [3.05, 3.63) is 58.8 Å². The highest BCUT2D eigenvalue weighted by atomic mass is 79.9. The first-order chi connectivity index (χ1) is 18.6. The highest BCUT2D eigenvalue weighted by molar-refractivity contribution is 9.10. The topological polar surface area (TPSA) is 118 Å². The molecule has 2 aliphatic heterocycles. The number of aryl methyl sites for hydroxylation is 1. The van der Waals surface area contributed by atoms with Gasteiger partial charge in [-0.1, -0.05) is 42.1 Å². The molecule has 1 saturated heterocycles. The fraction of sp³-hybridized carbons (Fsp3) is 0.308. The maximum absolute atomic E-state index is 12.9. The lowest BCUT2D eigenvalue weighted by atomic mass is 10.1. The molecule has 6 rings (SSSR count). The standard InChI is InChI=1S/C26H25BrN6O4S/c27-18-11-19-20(37-15-36-19)12-21(18)38-25-31-22-23(28)29-14-30-24(22)33(25)10-8-17-7-4-9-32(17)26(34)35-13-16-5-2-1-3-6-16/h1-3,5-6,11-12,14,17H,4,7-10,13,15H2,(H2,28,29,30). The van der Waals surface area contributed by atoms with Crippen LogP contribution >= 0.6 is 27.7 Å². The van der Waals surface area contributed by atoms with Crippen molar-refractivity contribution in [2.45, 2.75) is 48.5 Å². The molecule has 0 bridgehead atoms. The summed E-state index contributed by atoms with van der Waals surface area (Å²) in [6.07, 6.45) is 3.75. The number of nitrogens with two attached hydrogens (primary N) is 1. The van der Waals surface area contributed by atoms with Gasteiger partial charge in [0.2, 0.25) is 6.79 Å². The summed E-state index contributed by atoms with van der Waals surface area (Å²) < 4.78 is 19.6. The highest BCUT2D eigenvalue weighted by Crippen LogP contribution is 2.43.